The highest BCUT2D eigenvalue weighted by Gasteiger charge is 2.17. The summed E-state index contributed by atoms with van der Waals surface area (Å²) >= 11 is 0. The van der Waals surface area contributed by atoms with Gasteiger partial charge in [-0.15, -0.1) is 0 Å². The van der Waals surface area contributed by atoms with Gasteiger partial charge in [-0.25, -0.2) is 0 Å². The van der Waals surface area contributed by atoms with Crippen LogP contribution in [0.1, 0.15) is 40.2 Å². The Balaban J connectivity index is 2.89. The molecule has 1 aromatic carbocycles. The molecular formula is C15H24N2O3. The summed E-state index contributed by atoms with van der Waals surface area (Å²) in [7, 11) is 0. The summed E-state index contributed by atoms with van der Waals surface area (Å²) < 4.78 is 5.56. The summed E-state index contributed by atoms with van der Waals surface area (Å²) in [4.78, 5) is 10.6. The highest BCUT2D eigenvalue weighted by atomic mass is 16.6. The second-order valence-electron chi connectivity index (χ2n) is 6.37. The predicted octanol–water partition coefficient (Wildman–Crippen LogP) is 3.52. The second-order valence-corrected chi connectivity index (χ2v) is 6.37. The molecule has 5 nitrogen and oxygen atoms in total. The Bertz CT molecular complexity index is 465. The minimum atomic E-state index is -0.406. The van der Waals surface area contributed by atoms with Gasteiger partial charge in [0.1, 0.15) is 0 Å². The van der Waals surface area contributed by atoms with Crippen LogP contribution in [0.4, 0.5) is 5.69 Å². The van der Waals surface area contributed by atoms with Crippen molar-refractivity contribution in [1.29, 1.82) is 0 Å². The highest BCUT2D eigenvalue weighted by molar-refractivity contribution is 5.48. The fourth-order valence-electron chi connectivity index (χ4n) is 1.56. The fourth-order valence-corrected chi connectivity index (χ4v) is 1.56. The van der Waals surface area contributed by atoms with Crippen molar-refractivity contribution >= 4 is 5.69 Å². The van der Waals surface area contributed by atoms with Gasteiger partial charge in [-0.2, -0.15) is 0 Å². The average molecular weight is 280 g/mol. The van der Waals surface area contributed by atoms with E-state index in [0.29, 0.717) is 24.8 Å². The zero-order valence-corrected chi connectivity index (χ0v) is 12.9. The Labute approximate surface area is 120 Å². The molecule has 0 aliphatic heterocycles. The molecule has 20 heavy (non-hydrogen) atoms. The molecule has 1 aromatic rings. The van der Waals surface area contributed by atoms with Crippen LogP contribution in [0.15, 0.2) is 18.2 Å². The predicted molar refractivity (Wildman–Crippen MR) is 80.0 cm³/mol. The van der Waals surface area contributed by atoms with Crippen molar-refractivity contribution in [2.75, 3.05) is 6.61 Å². The number of nitro groups is 1. The lowest BCUT2D eigenvalue weighted by Gasteiger charge is -2.20. The quantitative estimate of drug-likeness (QED) is 0.639. The first-order chi connectivity index (χ1) is 9.19. The molecule has 0 aromatic heterocycles. The molecule has 0 saturated heterocycles. The molecular weight excluding hydrogens is 256 g/mol. The van der Waals surface area contributed by atoms with Crippen LogP contribution in [0.2, 0.25) is 0 Å². The van der Waals surface area contributed by atoms with Crippen LogP contribution in [0.5, 0.6) is 5.75 Å². The van der Waals surface area contributed by atoms with Crippen LogP contribution < -0.4 is 10.1 Å². The average Bonchev–Trinajstić information content (AvgIpc) is 2.32. The van der Waals surface area contributed by atoms with Crippen molar-refractivity contribution in [1.82, 2.24) is 5.32 Å². The fraction of sp³-hybridized carbons (Fsp3) is 0.600. The number of hydrogen-bond donors (Lipinski definition) is 1. The molecule has 0 aliphatic carbocycles. The van der Waals surface area contributed by atoms with Crippen molar-refractivity contribution in [2.45, 2.75) is 46.7 Å². The Morgan fingerprint density at radius 2 is 2.00 bits per heavy atom. The van der Waals surface area contributed by atoms with Gasteiger partial charge >= 0.3 is 5.69 Å². The van der Waals surface area contributed by atoms with Gasteiger partial charge in [0.05, 0.1) is 11.5 Å². The Kier molecular flexibility index (Phi) is 5.51. The Morgan fingerprint density at radius 1 is 1.35 bits per heavy atom. The zero-order valence-electron chi connectivity index (χ0n) is 12.9. The van der Waals surface area contributed by atoms with E-state index in [4.69, 9.17) is 4.74 Å². The molecule has 112 valence electrons. The van der Waals surface area contributed by atoms with E-state index in [9.17, 15) is 10.1 Å². The van der Waals surface area contributed by atoms with Crippen molar-refractivity contribution in [3.05, 3.63) is 33.9 Å². The molecule has 0 heterocycles. The van der Waals surface area contributed by atoms with E-state index >= 15 is 0 Å². The first kappa shape index (κ1) is 16.4. The van der Waals surface area contributed by atoms with E-state index in [1.807, 2.05) is 13.8 Å². The number of nitro benzene ring substituents is 1. The molecule has 5 heteroatoms. The van der Waals surface area contributed by atoms with Crippen LogP contribution in [0.3, 0.4) is 0 Å². The highest BCUT2D eigenvalue weighted by Crippen LogP contribution is 2.28. The maximum absolute atomic E-state index is 11.0. The second kappa shape index (κ2) is 6.70. The number of nitrogens with zero attached hydrogens (tertiary/aromatic N) is 1. The van der Waals surface area contributed by atoms with Gasteiger partial charge in [-0.3, -0.25) is 10.1 Å². The van der Waals surface area contributed by atoms with Gasteiger partial charge in [-0.1, -0.05) is 19.9 Å². The third-order valence-electron chi connectivity index (χ3n) is 2.62. The normalized spacial score (nSPS) is 11.7. The standard InChI is InChI=1S/C15H24N2O3/c1-11(2)10-20-14-8-12(9-16-15(3,4)5)6-7-13(14)17(18)19/h6-8,11,16H,9-10H2,1-5H3. The maximum Gasteiger partial charge on any atom is 0.310 e. The summed E-state index contributed by atoms with van der Waals surface area (Å²) in [5, 5.41) is 14.4. The Hall–Kier alpha value is -1.62. The van der Waals surface area contributed by atoms with E-state index in [-0.39, 0.29) is 11.2 Å². The van der Waals surface area contributed by atoms with Crippen molar-refractivity contribution in [2.24, 2.45) is 5.92 Å². The molecule has 0 bridgehead atoms. The minimum Gasteiger partial charge on any atom is -0.487 e. The third kappa shape index (κ3) is 5.57. The monoisotopic (exact) mass is 280 g/mol. The van der Waals surface area contributed by atoms with Crippen LogP contribution in [0, 0.1) is 16.0 Å². The topological polar surface area (TPSA) is 64.4 Å². The van der Waals surface area contributed by atoms with E-state index in [1.54, 1.807) is 12.1 Å². The Morgan fingerprint density at radius 3 is 2.50 bits per heavy atom. The molecule has 0 aliphatic rings. The summed E-state index contributed by atoms with van der Waals surface area (Å²) in [6, 6.07) is 5.02. The molecule has 0 unspecified atom stereocenters. The zero-order chi connectivity index (χ0) is 15.3. The van der Waals surface area contributed by atoms with Gasteiger partial charge < -0.3 is 10.1 Å². The number of ether oxygens (including phenoxy) is 1. The van der Waals surface area contributed by atoms with Gasteiger partial charge in [0.15, 0.2) is 5.75 Å². The first-order valence-corrected chi connectivity index (χ1v) is 6.84. The first-order valence-electron chi connectivity index (χ1n) is 6.84. The molecule has 0 radical (unpaired) electrons. The largest absolute Gasteiger partial charge is 0.487 e. The molecule has 1 rings (SSSR count). The number of hydrogen-bond acceptors (Lipinski definition) is 4. The van der Waals surface area contributed by atoms with Crippen molar-refractivity contribution in [3.8, 4) is 5.75 Å². The number of nitrogens with one attached hydrogen (secondary N) is 1. The maximum atomic E-state index is 11.0. The molecule has 1 N–H and O–H groups in total. The summed E-state index contributed by atoms with van der Waals surface area (Å²) in [6.07, 6.45) is 0. The van der Waals surface area contributed by atoms with Crippen molar-refractivity contribution < 1.29 is 9.66 Å². The summed E-state index contributed by atoms with van der Waals surface area (Å²) in [6.45, 7) is 11.4. The molecule has 0 saturated carbocycles. The smallest absolute Gasteiger partial charge is 0.310 e. The van der Waals surface area contributed by atoms with Crippen LogP contribution in [-0.4, -0.2) is 17.1 Å². The number of benzene rings is 1. The van der Waals surface area contributed by atoms with Crippen LogP contribution in [-0.2, 0) is 6.54 Å². The molecule has 0 amide bonds. The van der Waals surface area contributed by atoms with Crippen LogP contribution in [0.25, 0.3) is 0 Å². The van der Waals surface area contributed by atoms with E-state index in [2.05, 4.69) is 26.1 Å². The van der Waals surface area contributed by atoms with Gasteiger partial charge in [0, 0.05) is 18.2 Å². The van der Waals surface area contributed by atoms with E-state index in [1.165, 1.54) is 6.07 Å². The van der Waals surface area contributed by atoms with Crippen molar-refractivity contribution in [3.63, 3.8) is 0 Å². The minimum absolute atomic E-state index is 0.000722. The number of rotatable bonds is 6. The van der Waals surface area contributed by atoms with Gasteiger partial charge in [0.2, 0.25) is 0 Å². The molecule has 0 atom stereocenters. The van der Waals surface area contributed by atoms with Gasteiger partial charge in [0.25, 0.3) is 0 Å². The lowest BCUT2D eigenvalue weighted by molar-refractivity contribution is -0.385. The summed E-state index contributed by atoms with van der Waals surface area (Å²) in [5.74, 6) is 0.669. The lowest BCUT2D eigenvalue weighted by Crippen LogP contribution is -2.35. The third-order valence-corrected chi connectivity index (χ3v) is 2.62. The van der Waals surface area contributed by atoms with Gasteiger partial charge in [-0.05, 0) is 38.3 Å². The van der Waals surface area contributed by atoms with E-state index < -0.39 is 4.92 Å². The molecule has 0 fully saturated rings. The summed E-state index contributed by atoms with van der Waals surface area (Å²) in [5.41, 5.74) is 0.996. The molecule has 0 spiro atoms. The van der Waals surface area contributed by atoms with E-state index in [0.717, 1.165) is 5.56 Å². The SMILES string of the molecule is CC(C)COc1cc(CNC(C)(C)C)ccc1[N+](=O)[O-]. The lowest BCUT2D eigenvalue weighted by atomic mass is 10.1. The van der Waals surface area contributed by atoms with Crippen LogP contribution >= 0.6 is 0 Å².